The Kier molecular flexibility index (Phi) is 34.4. The van der Waals surface area contributed by atoms with E-state index in [1.807, 2.05) is 0 Å². The van der Waals surface area contributed by atoms with Gasteiger partial charge < -0.3 is 0 Å². The first kappa shape index (κ1) is 33.2. The highest BCUT2D eigenvalue weighted by Crippen LogP contribution is 2.15. The second-order valence-corrected chi connectivity index (χ2v) is 10.4. The zero-order valence-corrected chi connectivity index (χ0v) is 23.3. The standard InChI is InChI=1S/C16H34.C15H32/c1-4-6-7-8-9-10-11-12-13-14-15-16(3)5-2;1-3-5-7-9-11-13-15-14-12-10-8-6-4-2/h16H,4-15H2,1-3H3;3-15H2,1-2H3. The highest BCUT2D eigenvalue weighted by molar-refractivity contribution is 4.52. The van der Waals surface area contributed by atoms with Crippen LogP contribution in [0.25, 0.3) is 0 Å². The molecule has 0 saturated heterocycles. The SMILES string of the molecule is CCCCCCCCCCCCC(C)CC.CCCCCCCCCCCCCCC. The van der Waals surface area contributed by atoms with Gasteiger partial charge in [-0.3, -0.25) is 0 Å². The van der Waals surface area contributed by atoms with Crippen molar-refractivity contribution >= 4 is 0 Å². The van der Waals surface area contributed by atoms with Gasteiger partial charge in [0, 0.05) is 0 Å². The maximum absolute atomic E-state index is 2.38. The van der Waals surface area contributed by atoms with E-state index >= 15 is 0 Å². The molecule has 0 heterocycles. The fourth-order valence-electron chi connectivity index (χ4n) is 4.28. The zero-order chi connectivity index (χ0) is 23.3. The summed E-state index contributed by atoms with van der Waals surface area (Å²) in [6.45, 7) is 11.6. The fourth-order valence-corrected chi connectivity index (χ4v) is 4.28. The molecule has 0 aliphatic heterocycles. The van der Waals surface area contributed by atoms with Crippen LogP contribution in [0, 0.1) is 5.92 Å². The highest BCUT2D eigenvalue weighted by Gasteiger charge is 1.98. The van der Waals surface area contributed by atoms with Crippen LogP contribution in [0.5, 0.6) is 0 Å². The lowest BCUT2D eigenvalue weighted by Crippen LogP contribution is -1.91. The number of hydrogen-bond donors (Lipinski definition) is 0. The smallest absolute Gasteiger partial charge is 0.0445 e. The average Bonchev–Trinajstić information content (AvgIpc) is 2.79. The number of unbranched alkanes of at least 4 members (excludes halogenated alkanes) is 21. The Morgan fingerprint density at radius 3 is 0.774 bits per heavy atom. The van der Waals surface area contributed by atoms with Crippen molar-refractivity contribution in [3.63, 3.8) is 0 Å². The molecule has 0 heteroatoms. The van der Waals surface area contributed by atoms with Gasteiger partial charge in [-0.15, -0.1) is 0 Å². The van der Waals surface area contributed by atoms with E-state index in [9.17, 15) is 0 Å². The van der Waals surface area contributed by atoms with Gasteiger partial charge in [0.1, 0.15) is 0 Å². The second kappa shape index (κ2) is 32.2. The lowest BCUT2D eigenvalue weighted by atomic mass is 9.99. The lowest BCUT2D eigenvalue weighted by molar-refractivity contribution is 0.469. The molecule has 0 bridgehead atoms. The Bertz CT molecular complexity index is 257. The molecule has 0 aliphatic carbocycles. The van der Waals surface area contributed by atoms with Crippen molar-refractivity contribution in [2.45, 2.75) is 195 Å². The summed E-state index contributed by atoms with van der Waals surface area (Å²) >= 11 is 0. The van der Waals surface area contributed by atoms with E-state index < -0.39 is 0 Å². The first-order chi connectivity index (χ1) is 15.2. The Labute approximate surface area is 201 Å². The monoisotopic (exact) mass is 439 g/mol. The zero-order valence-electron chi connectivity index (χ0n) is 23.3. The quantitative estimate of drug-likeness (QED) is 0.131. The molecule has 0 nitrogen and oxygen atoms in total. The maximum Gasteiger partial charge on any atom is -0.0445 e. The summed E-state index contributed by atoms with van der Waals surface area (Å²) in [5.74, 6) is 0.953. The molecule has 0 radical (unpaired) electrons. The van der Waals surface area contributed by atoms with Gasteiger partial charge in [0.15, 0.2) is 0 Å². The summed E-state index contributed by atoms with van der Waals surface area (Å²) in [5.41, 5.74) is 0. The van der Waals surface area contributed by atoms with Gasteiger partial charge in [-0.2, -0.15) is 0 Å². The highest BCUT2D eigenvalue weighted by atomic mass is 14.0. The van der Waals surface area contributed by atoms with Crippen molar-refractivity contribution in [3.8, 4) is 0 Å². The van der Waals surface area contributed by atoms with E-state index in [0.717, 1.165) is 5.92 Å². The van der Waals surface area contributed by atoms with E-state index in [1.165, 1.54) is 161 Å². The van der Waals surface area contributed by atoms with E-state index in [0.29, 0.717) is 0 Å². The minimum atomic E-state index is 0.953. The summed E-state index contributed by atoms with van der Waals surface area (Å²) in [5, 5.41) is 0. The number of hydrogen-bond acceptors (Lipinski definition) is 0. The van der Waals surface area contributed by atoms with Crippen molar-refractivity contribution in [3.05, 3.63) is 0 Å². The third kappa shape index (κ3) is 34.8. The molecule has 190 valence electrons. The van der Waals surface area contributed by atoms with Crippen molar-refractivity contribution in [1.82, 2.24) is 0 Å². The summed E-state index contributed by atoms with van der Waals surface area (Å²) in [7, 11) is 0. The van der Waals surface area contributed by atoms with Crippen LogP contribution in [0.4, 0.5) is 0 Å². The minimum Gasteiger partial charge on any atom is -0.0654 e. The first-order valence-corrected chi connectivity index (χ1v) is 15.2. The van der Waals surface area contributed by atoms with Crippen molar-refractivity contribution in [2.75, 3.05) is 0 Å². The molecule has 0 aromatic heterocycles. The molecule has 0 spiro atoms. The Hall–Kier alpha value is 0. The molecule has 0 fully saturated rings. The normalized spacial score (nSPS) is 11.9. The largest absolute Gasteiger partial charge is 0.0654 e. The van der Waals surface area contributed by atoms with Gasteiger partial charge in [0.05, 0.1) is 0 Å². The van der Waals surface area contributed by atoms with Crippen LogP contribution in [0.1, 0.15) is 195 Å². The second-order valence-electron chi connectivity index (χ2n) is 10.4. The minimum absolute atomic E-state index is 0.953. The molecule has 0 saturated carbocycles. The molecule has 1 unspecified atom stereocenters. The Morgan fingerprint density at radius 2 is 0.548 bits per heavy atom. The molecule has 31 heavy (non-hydrogen) atoms. The summed E-state index contributed by atoms with van der Waals surface area (Å²) in [6, 6.07) is 0. The molecular formula is C31H66. The molecule has 0 N–H and O–H groups in total. The van der Waals surface area contributed by atoms with Crippen LogP contribution in [0.2, 0.25) is 0 Å². The van der Waals surface area contributed by atoms with Crippen LogP contribution in [-0.2, 0) is 0 Å². The lowest BCUT2D eigenvalue weighted by Gasteiger charge is -2.07. The van der Waals surface area contributed by atoms with Gasteiger partial charge >= 0.3 is 0 Å². The first-order valence-electron chi connectivity index (χ1n) is 15.2. The van der Waals surface area contributed by atoms with Crippen LogP contribution >= 0.6 is 0 Å². The van der Waals surface area contributed by atoms with E-state index in [-0.39, 0.29) is 0 Å². The van der Waals surface area contributed by atoms with Crippen molar-refractivity contribution in [1.29, 1.82) is 0 Å². The Balaban J connectivity index is 0. The van der Waals surface area contributed by atoms with E-state index in [4.69, 9.17) is 0 Å². The molecule has 0 aromatic carbocycles. The van der Waals surface area contributed by atoms with Crippen LogP contribution in [-0.4, -0.2) is 0 Å². The van der Waals surface area contributed by atoms with Gasteiger partial charge in [-0.1, -0.05) is 195 Å². The topological polar surface area (TPSA) is 0 Å². The molecular weight excluding hydrogens is 372 g/mol. The van der Waals surface area contributed by atoms with Gasteiger partial charge in [-0.05, 0) is 5.92 Å². The summed E-state index contributed by atoms with van der Waals surface area (Å²) in [6.07, 6.45) is 36.3. The third-order valence-corrected chi connectivity index (χ3v) is 6.95. The van der Waals surface area contributed by atoms with Gasteiger partial charge in [0.2, 0.25) is 0 Å². The van der Waals surface area contributed by atoms with Crippen molar-refractivity contribution < 1.29 is 0 Å². The Morgan fingerprint density at radius 1 is 0.323 bits per heavy atom. The maximum atomic E-state index is 2.38. The number of rotatable bonds is 24. The molecule has 0 aromatic rings. The van der Waals surface area contributed by atoms with Crippen LogP contribution in [0.3, 0.4) is 0 Å². The predicted molar refractivity (Wildman–Crippen MR) is 147 cm³/mol. The van der Waals surface area contributed by atoms with Crippen molar-refractivity contribution in [2.24, 2.45) is 5.92 Å². The van der Waals surface area contributed by atoms with Crippen LogP contribution < -0.4 is 0 Å². The summed E-state index contributed by atoms with van der Waals surface area (Å²) < 4.78 is 0. The summed E-state index contributed by atoms with van der Waals surface area (Å²) in [4.78, 5) is 0. The molecule has 0 aliphatic rings. The average molecular weight is 439 g/mol. The van der Waals surface area contributed by atoms with E-state index in [2.05, 4.69) is 34.6 Å². The predicted octanol–water partition coefficient (Wildman–Crippen LogP) is 12.4. The molecule has 0 amide bonds. The molecule has 1 atom stereocenters. The van der Waals surface area contributed by atoms with Gasteiger partial charge in [0.25, 0.3) is 0 Å². The van der Waals surface area contributed by atoms with E-state index in [1.54, 1.807) is 0 Å². The molecule has 0 rings (SSSR count). The fraction of sp³-hybridized carbons (Fsp3) is 1.00. The third-order valence-electron chi connectivity index (χ3n) is 6.95. The van der Waals surface area contributed by atoms with Gasteiger partial charge in [-0.25, -0.2) is 0 Å². The van der Waals surface area contributed by atoms with Crippen LogP contribution in [0.15, 0.2) is 0 Å².